The van der Waals surface area contributed by atoms with Crippen LogP contribution in [0, 0.1) is 11.3 Å². The van der Waals surface area contributed by atoms with Crippen LogP contribution < -0.4 is 5.32 Å². The second kappa shape index (κ2) is 6.88. The Morgan fingerprint density at radius 1 is 1.10 bits per heavy atom. The minimum atomic E-state index is -0.698. The summed E-state index contributed by atoms with van der Waals surface area (Å²) in [4.78, 5) is 0. The van der Waals surface area contributed by atoms with Crippen molar-refractivity contribution in [1.82, 2.24) is 5.32 Å². The van der Waals surface area contributed by atoms with E-state index < -0.39 is 5.54 Å². The molecule has 0 aliphatic heterocycles. The Kier molecular flexibility index (Phi) is 4.92. The third-order valence-electron chi connectivity index (χ3n) is 3.69. The van der Waals surface area contributed by atoms with E-state index in [1.165, 1.54) is 0 Å². The summed E-state index contributed by atoms with van der Waals surface area (Å²) in [6, 6.07) is 22.8. The molecule has 1 N–H and O–H groups in total. The maximum Gasteiger partial charge on any atom is 0.115 e. The highest BCUT2D eigenvalue weighted by Gasteiger charge is 2.35. The maximum atomic E-state index is 9.76. The van der Waals surface area contributed by atoms with Crippen LogP contribution in [0.15, 0.2) is 73.3 Å². The van der Waals surface area contributed by atoms with Gasteiger partial charge in [-0.2, -0.15) is 5.26 Å². The normalized spacial score (nSPS) is 13.4. The summed E-state index contributed by atoms with van der Waals surface area (Å²) >= 11 is 0. The molecule has 0 bridgehead atoms. The molecule has 2 rings (SSSR count). The molecule has 0 spiro atoms. The van der Waals surface area contributed by atoms with Gasteiger partial charge in [0, 0.05) is 12.5 Å². The number of nitrogens with zero attached hydrogens (tertiary/aromatic N) is 1. The van der Waals surface area contributed by atoms with Gasteiger partial charge in [-0.25, -0.2) is 0 Å². The first kappa shape index (κ1) is 15.0. The van der Waals surface area contributed by atoms with E-state index in [0.717, 1.165) is 11.1 Å². The Bertz CT molecular complexity index is 574. The number of hydrogen-bond donors (Lipinski definition) is 1. The summed E-state index contributed by atoms with van der Waals surface area (Å²) < 4.78 is 0. The molecule has 0 aliphatic carbocycles. The number of nitriles is 1. The van der Waals surface area contributed by atoms with E-state index >= 15 is 0 Å². The van der Waals surface area contributed by atoms with E-state index in [2.05, 4.69) is 42.2 Å². The number of benzene rings is 2. The lowest BCUT2D eigenvalue weighted by Gasteiger charge is -2.33. The molecule has 0 fully saturated rings. The molecule has 0 saturated carbocycles. The Labute approximate surface area is 126 Å². The van der Waals surface area contributed by atoms with Gasteiger partial charge in [0.25, 0.3) is 0 Å². The molecule has 106 valence electrons. The van der Waals surface area contributed by atoms with Gasteiger partial charge in [-0.3, -0.25) is 5.32 Å². The molecule has 0 heterocycles. The van der Waals surface area contributed by atoms with Crippen molar-refractivity contribution in [3.05, 3.63) is 84.4 Å². The lowest BCUT2D eigenvalue weighted by molar-refractivity contribution is 0.422. The fourth-order valence-electron chi connectivity index (χ4n) is 2.64. The van der Waals surface area contributed by atoms with Crippen molar-refractivity contribution in [3.8, 4) is 6.07 Å². The largest absolute Gasteiger partial charge is 0.295 e. The second-order valence-electron chi connectivity index (χ2n) is 5.24. The van der Waals surface area contributed by atoms with Crippen LogP contribution in [0.3, 0.4) is 0 Å². The van der Waals surface area contributed by atoms with Gasteiger partial charge in [0.15, 0.2) is 0 Å². The fourth-order valence-corrected chi connectivity index (χ4v) is 2.64. The molecule has 0 saturated heterocycles. The second-order valence-corrected chi connectivity index (χ2v) is 5.24. The molecule has 0 radical (unpaired) electrons. The van der Waals surface area contributed by atoms with Crippen LogP contribution in [0.25, 0.3) is 0 Å². The molecule has 2 aromatic rings. The summed E-state index contributed by atoms with van der Waals surface area (Å²) in [6.07, 6.45) is 1.78. The zero-order valence-electron chi connectivity index (χ0n) is 12.3. The molecular formula is C19H20N2. The van der Waals surface area contributed by atoms with Crippen LogP contribution in [0.5, 0.6) is 0 Å². The molecular weight excluding hydrogens is 256 g/mol. The molecule has 0 amide bonds. The highest BCUT2D eigenvalue weighted by Crippen LogP contribution is 2.34. The molecule has 1 unspecified atom stereocenters. The fraction of sp³-hybridized carbons (Fsp3) is 0.211. The standard InChI is InChI=1S/C19H20N2/c1-3-14-21-19(2,15-20)18(16-10-6-4-7-11-16)17-12-8-5-9-13-17/h3-13,18,21H,1,14H2,2H3. The van der Waals surface area contributed by atoms with Crippen molar-refractivity contribution in [2.24, 2.45) is 0 Å². The number of rotatable bonds is 6. The monoisotopic (exact) mass is 276 g/mol. The molecule has 0 aliphatic rings. The molecule has 21 heavy (non-hydrogen) atoms. The minimum Gasteiger partial charge on any atom is -0.295 e. The van der Waals surface area contributed by atoms with E-state index in [1.807, 2.05) is 43.3 Å². The topological polar surface area (TPSA) is 35.8 Å². The summed E-state index contributed by atoms with van der Waals surface area (Å²) in [6.45, 7) is 6.27. The van der Waals surface area contributed by atoms with Crippen LogP contribution >= 0.6 is 0 Å². The predicted molar refractivity (Wildman–Crippen MR) is 86.9 cm³/mol. The Balaban J connectivity index is 2.51. The third-order valence-corrected chi connectivity index (χ3v) is 3.69. The zero-order valence-corrected chi connectivity index (χ0v) is 12.3. The number of hydrogen-bond acceptors (Lipinski definition) is 2. The van der Waals surface area contributed by atoms with Gasteiger partial charge in [-0.15, -0.1) is 6.58 Å². The molecule has 2 heteroatoms. The highest BCUT2D eigenvalue weighted by molar-refractivity contribution is 5.39. The summed E-state index contributed by atoms with van der Waals surface area (Å²) in [5.41, 5.74) is 1.56. The lowest BCUT2D eigenvalue weighted by Crippen LogP contribution is -2.46. The third kappa shape index (κ3) is 3.39. The highest BCUT2D eigenvalue weighted by atomic mass is 15.0. The molecule has 2 nitrogen and oxygen atoms in total. The van der Waals surface area contributed by atoms with Gasteiger partial charge in [0.1, 0.15) is 5.54 Å². The van der Waals surface area contributed by atoms with Crippen LogP contribution in [0.1, 0.15) is 24.0 Å². The van der Waals surface area contributed by atoms with Crippen molar-refractivity contribution in [3.63, 3.8) is 0 Å². The first-order chi connectivity index (χ1) is 10.2. The van der Waals surface area contributed by atoms with E-state index in [-0.39, 0.29) is 5.92 Å². The van der Waals surface area contributed by atoms with Crippen molar-refractivity contribution in [2.45, 2.75) is 18.4 Å². The zero-order chi connectivity index (χ0) is 15.1. The quantitative estimate of drug-likeness (QED) is 0.813. The van der Waals surface area contributed by atoms with Crippen molar-refractivity contribution >= 4 is 0 Å². The average molecular weight is 276 g/mol. The smallest absolute Gasteiger partial charge is 0.115 e. The van der Waals surface area contributed by atoms with E-state index in [1.54, 1.807) is 6.08 Å². The SMILES string of the molecule is C=CCNC(C)(C#N)C(c1ccccc1)c1ccccc1. The summed E-state index contributed by atoms with van der Waals surface area (Å²) in [5, 5.41) is 13.1. The Hall–Kier alpha value is -2.37. The van der Waals surface area contributed by atoms with Gasteiger partial charge < -0.3 is 0 Å². The lowest BCUT2D eigenvalue weighted by atomic mass is 9.77. The van der Waals surface area contributed by atoms with Crippen LogP contribution in [-0.2, 0) is 0 Å². The van der Waals surface area contributed by atoms with Gasteiger partial charge in [-0.05, 0) is 18.1 Å². The predicted octanol–water partition coefficient (Wildman–Crippen LogP) is 3.88. The van der Waals surface area contributed by atoms with Crippen molar-refractivity contribution in [2.75, 3.05) is 6.54 Å². The van der Waals surface area contributed by atoms with Gasteiger partial charge in [-0.1, -0.05) is 66.7 Å². The Morgan fingerprint density at radius 3 is 1.95 bits per heavy atom. The van der Waals surface area contributed by atoms with E-state index in [4.69, 9.17) is 0 Å². The maximum absolute atomic E-state index is 9.76. The molecule has 1 atom stereocenters. The Morgan fingerprint density at radius 2 is 1.57 bits per heavy atom. The minimum absolute atomic E-state index is 0.0372. The van der Waals surface area contributed by atoms with Crippen LogP contribution in [-0.4, -0.2) is 12.1 Å². The van der Waals surface area contributed by atoms with Gasteiger partial charge in [0.2, 0.25) is 0 Å². The first-order valence-corrected chi connectivity index (χ1v) is 7.08. The first-order valence-electron chi connectivity index (χ1n) is 7.08. The van der Waals surface area contributed by atoms with E-state index in [9.17, 15) is 5.26 Å². The van der Waals surface area contributed by atoms with Crippen molar-refractivity contribution < 1.29 is 0 Å². The van der Waals surface area contributed by atoms with Crippen molar-refractivity contribution in [1.29, 1.82) is 5.26 Å². The van der Waals surface area contributed by atoms with Gasteiger partial charge in [0.05, 0.1) is 6.07 Å². The van der Waals surface area contributed by atoms with E-state index in [0.29, 0.717) is 6.54 Å². The summed E-state index contributed by atoms with van der Waals surface area (Å²) in [5.74, 6) is -0.0372. The van der Waals surface area contributed by atoms with Gasteiger partial charge >= 0.3 is 0 Å². The van der Waals surface area contributed by atoms with Crippen LogP contribution in [0.2, 0.25) is 0 Å². The molecule has 2 aromatic carbocycles. The average Bonchev–Trinajstić information content (AvgIpc) is 2.55. The summed E-state index contributed by atoms with van der Waals surface area (Å²) in [7, 11) is 0. The van der Waals surface area contributed by atoms with Crippen LogP contribution in [0.4, 0.5) is 0 Å². The number of nitrogens with one attached hydrogen (secondary N) is 1. The molecule has 0 aromatic heterocycles.